The molecule has 26 heavy (non-hydrogen) atoms. The Hall–Kier alpha value is -2.12. The normalized spacial score (nSPS) is 21.5. The van der Waals surface area contributed by atoms with E-state index in [2.05, 4.69) is 15.9 Å². The number of halogens is 1. The first-order valence-electron chi connectivity index (χ1n) is 8.62. The Labute approximate surface area is 159 Å². The predicted octanol–water partition coefficient (Wildman–Crippen LogP) is 2.61. The first-order valence-corrected chi connectivity index (χ1v) is 9.41. The highest BCUT2D eigenvalue weighted by atomic mass is 79.9. The molecule has 1 aromatic carbocycles. The minimum absolute atomic E-state index is 0.0152. The van der Waals surface area contributed by atoms with Crippen LogP contribution in [0.3, 0.4) is 0 Å². The highest BCUT2D eigenvalue weighted by Crippen LogP contribution is 2.35. The number of ether oxygens (including phenoxy) is 2. The van der Waals surface area contributed by atoms with Gasteiger partial charge in [-0.25, -0.2) is 0 Å². The Morgan fingerprint density at radius 1 is 1.19 bits per heavy atom. The Morgan fingerprint density at radius 2 is 1.92 bits per heavy atom. The van der Waals surface area contributed by atoms with Crippen LogP contribution in [0.1, 0.15) is 29.0 Å². The van der Waals surface area contributed by atoms with Crippen LogP contribution in [0.2, 0.25) is 0 Å². The number of pyridine rings is 1. The monoisotopic (exact) mass is 418 g/mol. The molecule has 1 fully saturated rings. The van der Waals surface area contributed by atoms with Gasteiger partial charge in [-0.05, 0) is 28.4 Å². The molecule has 1 aromatic heterocycles. The molecular weight excluding hydrogens is 400 g/mol. The van der Waals surface area contributed by atoms with Gasteiger partial charge in [0.2, 0.25) is 5.43 Å². The summed E-state index contributed by atoms with van der Waals surface area (Å²) in [6.07, 6.45) is 1.68. The van der Waals surface area contributed by atoms with Crippen molar-refractivity contribution in [1.82, 2.24) is 9.47 Å². The van der Waals surface area contributed by atoms with E-state index in [1.54, 1.807) is 11.1 Å². The number of amides is 1. The van der Waals surface area contributed by atoms with Gasteiger partial charge in [-0.2, -0.15) is 0 Å². The van der Waals surface area contributed by atoms with Crippen molar-refractivity contribution in [3.8, 4) is 5.75 Å². The van der Waals surface area contributed by atoms with Crippen molar-refractivity contribution < 1.29 is 14.3 Å². The van der Waals surface area contributed by atoms with E-state index >= 15 is 0 Å². The first-order chi connectivity index (χ1) is 12.6. The minimum atomic E-state index is -0.311. The Kier molecular flexibility index (Phi) is 4.58. The summed E-state index contributed by atoms with van der Waals surface area (Å²) in [6, 6.07) is 9.54. The fraction of sp³-hybridized carbons (Fsp3) is 0.368. The Morgan fingerprint density at radius 3 is 2.65 bits per heavy atom. The molecule has 4 rings (SSSR count). The van der Waals surface area contributed by atoms with Crippen LogP contribution in [0.4, 0.5) is 0 Å². The van der Waals surface area contributed by atoms with Crippen molar-refractivity contribution in [3.63, 3.8) is 0 Å². The van der Waals surface area contributed by atoms with Crippen LogP contribution in [-0.2, 0) is 11.3 Å². The highest BCUT2D eigenvalue weighted by molar-refractivity contribution is 9.10. The average molecular weight is 419 g/mol. The third kappa shape index (κ3) is 2.75. The van der Waals surface area contributed by atoms with Gasteiger partial charge in [-0.15, -0.1) is 0 Å². The topological polar surface area (TPSA) is 60.8 Å². The average Bonchev–Trinajstić information content (AvgIpc) is 3.13. The van der Waals surface area contributed by atoms with Gasteiger partial charge in [0, 0.05) is 12.7 Å². The standard InChI is InChI=1S/C19H19BrN2O4/c1-2-21-14-10-25-11-15(14)22-8-13(20)17(23)18(16(22)19(21)24)26-9-12-6-4-3-5-7-12/h3-8,14-15H,2,9-11H2,1H3. The van der Waals surface area contributed by atoms with Crippen molar-refractivity contribution in [2.24, 2.45) is 0 Å². The zero-order valence-electron chi connectivity index (χ0n) is 14.4. The van der Waals surface area contributed by atoms with Gasteiger partial charge in [0.15, 0.2) is 11.4 Å². The SMILES string of the molecule is CCN1C(=O)c2c(OCc3ccccc3)c(=O)c(Br)cn2C2COCC21. The molecule has 0 saturated carbocycles. The number of benzene rings is 1. The second-order valence-corrected chi connectivity index (χ2v) is 7.28. The maximum absolute atomic E-state index is 13.1. The van der Waals surface area contributed by atoms with Crippen LogP contribution in [0.25, 0.3) is 0 Å². The van der Waals surface area contributed by atoms with Crippen molar-refractivity contribution >= 4 is 21.8 Å². The second kappa shape index (κ2) is 6.89. The molecule has 0 radical (unpaired) electrons. The van der Waals surface area contributed by atoms with Crippen molar-refractivity contribution in [3.05, 3.63) is 62.5 Å². The highest BCUT2D eigenvalue weighted by Gasteiger charge is 2.44. The lowest BCUT2D eigenvalue weighted by Crippen LogP contribution is -2.51. The van der Waals surface area contributed by atoms with E-state index in [0.29, 0.717) is 29.9 Å². The van der Waals surface area contributed by atoms with Gasteiger partial charge in [0.1, 0.15) is 6.61 Å². The van der Waals surface area contributed by atoms with Gasteiger partial charge in [0.25, 0.3) is 5.91 Å². The maximum atomic E-state index is 13.1. The molecule has 2 aromatic rings. The number of fused-ring (bicyclic) bond motifs is 3. The van der Waals surface area contributed by atoms with Gasteiger partial charge in [0.05, 0.1) is 29.8 Å². The summed E-state index contributed by atoms with van der Waals surface area (Å²) in [4.78, 5) is 27.6. The zero-order valence-corrected chi connectivity index (χ0v) is 15.9. The van der Waals surface area contributed by atoms with E-state index in [9.17, 15) is 9.59 Å². The molecule has 0 bridgehead atoms. The fourth-order valence-electron chi connectivity index (χ4n) is 3.67. The minimum Gasteiger partial charge on any atom is -0.483 e. The molecule has 6 nitrogen and oxygen atoms in total. The molecule has 3 heterocycles. The number of carbonyl (C=O) groups is 1. The molecule has 1 amide bonds. The van der Waals surface area contributed by atoms with Crippen LogP contribution in [0.15, 0.2) is 45.8 Å². The van der Waals surface area contributed by atoms with Crippen LogP contribution in [0, 0.1) is 0 Å². The number of likely N-dealkylation sites (N-methyl/N-ethyl adjacent to an activating group) is 1. The van der Waals surface area contributed by atoms with Crippen molar-refractivity contribution in [2.45, 2.75) is 25.6 Å². The van der Waals surface area contributed by atoms with Gasteiger partial charge < -0.3 is 18.9 Å². The summed E-state index contributed by atoms with van der Waals surface area (Å²) in [5.41, 5.74) is 0.931. The van der Waals surface area contributed by atoms with E-state index in [1.807, 2.05) is 41.8 Å². The van der Waals surface area contributed by atoms with Gasteiger partial charge in [-0.3, -0.25) is 9.59 Å². The van der Waals surface area contributed by atoms with Gasteiger partial charge >= 0.3 is 0 Å². The zero-order chi connectivity index (χ0) is 18.3. The number of hydrogen-bond donors (Lipinski definition) is 0. The molecule has 1 saturated heterocycles. The lowest BCUT2D eigenvalue weighted by molar-refractivity contribution is 0.0567. The van der Waals surface area contributed by atoms with E-state index in [0.717, 1.165) is 5.56 Å². The molecular formula is C19H19BrN2O4. The number of aromatic nitrogens is 1. The van der Waals surface area contributed by atoms with E-state index in [4.69, 9.17) is 9.47 Å². The van der Waals surface area contributed by atoms with Crippen molar-refractivity contribution in [1.29, 1.82) is 0 Å². The first kappa shape index (κ1) is 17.3. The van der Waals surface area contributed by atoms with Crippen LogP contribution < -0.4 is 10.2 Å². The Balaban J connectivity index is 1.80. The number of hydrogen-bond acceptors (Lipinski definition) is 4. The summed E-state index contributed by atoms with van der Waals surface area (Å²) in [5, 5.41) is 0. The third-order valence-electron chi connectivity index (χ3n) is 4.96. The lowest BCUT2D eigenvalue weighted by atomic mass is 10.0. The summed E-state index contributed by atoms with van der Waals surface area (Å²) < 4.78 is 13.7. The van der Waals surface area contributed by atoms with Crippen LogP contribution >= 0.6 is 15.9 Å². The third-order valence-corrected chi connectivity index (χ3v) is 5.52. The lowest BCUT2D eigenvalue weighted by Gasteiger charge is -2.38. The Bertz CT molecular complexity index is 896. The maximum Gasteiger partial charge on any atom is 0.274 e. The fourth-order valence-corrected chi connectivity index (χ4v) is 4.07. The summed E-state index contributed by atoms with van der Waals surface area (Å²) >= 11 is 3.32. The van der Waals surface area contributed by atoms with Crippen LogP contribution in [-0.4, -0.2) is 41.2 Å². The largest absolute Gasteiger partial charge is 0.483 e. The molecule has 2 atom stereocenters. The smallest absolute Gasteiger partial charge is 0.274 e. The molecule has 0 spiro atoms. The quantitative estimate of drug-likeness (QED) is 0.765. The number of carbonyl (C=O) groups excluding carboxylic acids is 1. The second-order valence-electron chi connectivity index (χ2n) is 6.43. The molecule has 2 aliphatic heterocycles. The summed E-state index contributed by atoms with van der Waals surface area (Å²) in [6.45, 7) is 3.74. The summed E-state index contributed by atoms with van der Waals surface area (Å²) in [5.74, 6) is -0.0936. The summed E-state index contributed by atoms with van der Waals surface area (Å²) in [7, 11) is 0. The van der Waals surface area contributed by atoms with Crippen molar-refractivity contribution in [2.75, 3.05) is 19.8 Å². The molecule has 2 unspecified atom stereocenters. The molecule has 2 aliphatic rings. The van der Waals surface area contributed by atoms with Gasteiger partial charge in [-0.1, -0.05) is 30.3 Å². The number of nitrogens with zero attached hydrogens (tertiary/aromatic N) is 2. The van der Waals surface area contributed by atoms with E-state index in [-0.39, 0.29) is 35.8 Å². The van der Waals surface area contributed by atoms with Crippen LogP contribution in [0.5, 0.6) is 5.75 Å². The van der Waals surface area contributed by atoms with E-state index < -0.39 is 0 Å². The molecule has 136 valence electrons. The number of rotatable bonds is 4. The molecule has 7 heteroatoms. The molecule has 0 N–H and O–H groups in total. The predicted molar refractivity (Wildman–Crippen MR) is 99.5 cm³/mol. The van der Waals surface area contributed by atoms with E-state index in [1.165, 1.54) is 0 Å². The molecule has 0 aliphatic carbocycles.